The van der Waals surface area contributed by atoms with Gasteiger partial charge in [-0.3, -0.25) is 14.5 Å². The van der Waals surface area contributed by atoms with Crippen LogP contribution in [-0.4, -0.2) is 80.0 Å². The second kappa shape index (κ2) is 17.6. The first-order chi connectivity index (χ1) is 17.6. The van der Waals surface area contributed by atoms with Gasteiger partial charge in [0.05, 0.1) is 25.0 Å². The number of aldehydes is 1. The summed E-state index contributed by atoms with van der Waals surface area (Å²) in [6.07, 6.45) is -2.66. The Morgan fingerprint density at radius 2 is 1.95 bits per heavy atom. The van der Waals surface area contributed by atoms with Crippen LogP contribution in [0.4, 0.5) is 18.0 Å². The molecule has 1 aliphatic heterocycles. The number of rotatable bonds is 12. The molecule has 11 nitrogen and oxygen atoms in total. The monoisotopic (exact) mass is 553 g/mol. The zero-order valence-electron chi connectivity index (χ0n) is 20.5. The average Bonchev–Trinajstić information content (AvgIpc) is 3.24. The van der Waals surface area contributed by atoms with E-state index in [9.17, 15) is 32.7 Å². The van der Waals surface area contributed by atoms with Crippen molar-refractivity contribution < 1.29 is 51.2 Å². The van der Waals surface area contributed by atoms with Gasteiger partial charge in [-0.2, -0.15) is 0 Å². The molecule has 3 N–H and O–H groups in total. The Labute approximate surface area is 213 Å². The Kier molecular flexibility index (Phi) is 15.4. The number of amides is 2. The van der Waals surface area contributed by atoms with E-state index >= 15 is 0 Å². The van der Waals surface area contributed by atoms with E-state index in [2.05, 4.69) is 10.4 Å². The molecule has 1 aromatic carbocycles. The van der Waals surface area contributed by atoms with Crippen molar-refractivity contribution in [3.8, 4) is 5.75 Å². The number of benzene rings is 1. The number of allylic oxidation sites excluding steroid dienone is 1. The Hall–Kier alpha value is -2.77. The van der Waals surface area contributed by atoms with Crippen LogP contribution >= 0.6 is 8.53 Å². The van der Waals surface area contributed by atoms with E-state index in [4.69, 9.17) is 18.5 Å². The average molecular weight is 553 g/mol. The van der Waals surface area contributed by atoms with Crippen molar-refractivity contribution in [3.63, 3.8) is 0 Å². The summed E-state index contributed by atoms with van der Waals surface area (Å²) in [5.74, 6) is -1.19. The quantitative estimate of drug-likeness (QED) is 0.155. The third-order valence-corrected chi connectivity index (χ3v) is 5.52. The molecule has 15 heteroatoms. The second-order valence-electron chi connectivity index (χ2n) is 7.46. The van der Waals surface area contributed by atoms with Gasteiger partial charge < -0.3 is 28.9 Å². The normalized spacial score (nSPS) is 19.9. The standard InChI is InChI=1S/C21H29FN3O8P.CH2F2/c1-14(2)31-20(28)10-24-34(33-16-7-5-4-6-8-16)30-13-18-17(27)9-19(32-18)25(21(29)23-3)11-15(22)12-26;2-1-3/h4-8,11-12,14,17-19,24,27H,9-10,13H2,1-3H3,(H,23,29);1H2/b15-11+;. The van der Waals surface area contributed by atoms with Crippen molar-refractivity contribution in [2.75, 3.05) is 27.1 Å². The van der Waals surface area contributed by atoms with Crippen molar-refractivity contribution in [2.24, 2.45) is 0 Å². The molecule has 2 amide bonds. The first-order valence-electron chi connectivity index (χ1n) is 11.0. The fourth-order valence-corrected chi connectivity index (χ4v) is 3.92. The number of halogens is 3. The van der Waals surface area contributed by atoms with Gasteiger partial charge in [0, 0.05) is 13.5 Å². The molecule has 4 unspecified atom stereocenters. The SMILES string of the molecule is CNC(=O)N(/C=C(/F)C=O)C1CC(O)C(COP(NCC(=O)OC(C)C)Oc2ccccc2)O1.FCF. The summed E-state index contributed by atoms with van der Waals surface area (Å²) in [4.78, 5) is 35.4. The number of aliphatic hydroxyl groups excluding tert-OH is 1. The lowest BCUT2D eigenvalue weighted by atomic mass is 10.2. The summed E-state index contributed by atoms with van der Waals surface area (Å²) in [5.41, 5.74) is 0. The number of aliphatic hydroxyl groups is 1. The molecule has 1 aliphatic rings. The highest BCUT2D eigenvalue weighted by Gasteiger charge is 2.39. The van der Waals surface area contributed by atoms with Gasteiger partial charge in [-0.1, -0.05) is 18.2 Å². The molecule has 0 radical (unpaired) electrons. The molecule has 1 aromatic rings. The van der Waals surface area contributed by atoms with Gasteiger partial charge in [0.2, 0.25) is 6.93 Å². The lowest BCUT2D eigenvalue weighted by Gasteiger charge is -2.25. The molecule has 0 bridgehead atoms. The van der Waals surface area contributed by atoms with Gasteiger partial charge in [-0.25, -0.2) is 23.1 Å². The van der Waals surface area contributed by atoms with Gasteiger partial charge in [0.1, 0.15) is 24.6 Å². The van der Waals surface area contributed by atoms with Gasteiger partial charge in [0.25, 0.3) is 0 Å². The van der Waals surface area contributed by atoms with Crippen LogP contribution in [0.25, 0.3) is 0 Å². The first kappa shape index (κ1) is 32.3. The first-order valence-corrected chi connectivity index (χ1v) is 12.2. The molecular weight excluding hydrogens is 522 g/mol. The van der Waals surface area contributed by atoms with Crippen LogP contribution in [0.1, 0.15) is 20.3 Å². The summed E-state index contributed by atoms with van der Waals surface area (Å²) < 4.78 is 55.0. The highest BCUT2D eigenvalue weighted by atomic mass is 31.2. The number of hydrogen-bond acceptors (Lipinski definition) is 9. The van der Waals surface area contributed by atoms with Gasteiger partial charge in [-0.15, -0.1) is 0 Å². The molecule has 1 heterocycles. The number of alkyl halides is 2. The fraction of sp³-hybridized carbons (Fsp3) is 0.500. The van der Waals surface area contributed by atoms with Crippen molar-refractivity contribution in [2.45, 2.75) is 44.8 Å². The maximum Gasteiger partial charge on any atom is 0.323 e. The van der Waals surface area contributed by atoms with Crippen LogP contribution in [0.2, 0.25) is 0 Å². The molecule has 0 aliphatic carbocycles. The van der Waals surface area contributed by atoms with E-state index in [0.717, 1.165) is 4.90 Å². The zero-order chi connectivity index (χ0) is 27.8. The van der Waals surface area contributed by atoms with E-state index in [1.54, 1.807) is 38.1 Å². The summed E-state index contributed by atoms with van der Waals surface area (Å²) in [6.45, 7) is 1.37. The van der Waals surface area contributed by atoms with Gasteiger partial charge in [-0.05, 0) is 26.0 Å². The minimum atomic E-state index is -1.84. The molecule has 0 spiro atoms. The molecular formula is C22H31F3N3O8P. The summed E-state index contributed by atoms with van der Waals surface area (Å²) >= 11 is 0. The molecule has 4 atom stereocenters. The smallest absolute Gasteiger partial charge is 0.323 e. The van der Waals surface area contributed by atoms with Crippen molar-refractivity contribution >= 4 is 26.8 Å². The van der Waals surface area contributed by atoms with E-state index < -0.39 is 51.7 Å². The predicted octanol–water partition coefficient (Wildman–Crippen LogP) is 2.86. The van der Waals surface area contributed by atoms with Crippen LogP contribution < -0.4 is 14.9 Å². The Balaban J connectivity index is 0.00000217. The molecule has 0 aromatic heterocycles. The maximum atomic E-state index is 13.5. The fourth-order valence-electron chi connectivity index (χ4n) is 2.86. The van der Waals surface area contributed by atoms with Gasteiger partial charge >= 0.3 is 20.5 Å². The predicted molar refractivity (Wildman–Crippen MR) is 127 cm³/mol. The number of carbonyl (C=O) groups excluding carboxylic acids is 3. The molecule has 0 saturated carbocycles. The van der Waals surface area contributed by atoms with Crippen molar-refractivity contribution in [3.05, 3.63) is 42.4 Å². The highest BCUT2D eigenvalue weighted by Crippen LogP contribution is 2.36. The number of carbonyl (C=O) groups is 3. The largest absolute Gasteiger partial charge is 0.462 e. The van der Waals surface area contributed by atoms with Crippen LogP contribution in [0.5, 0.6) is 5.75 Å². The van der Waals surface area contributed by atoms with Gasteiger partial charge in [0.15, 0.2) is 12.1 Å². The Morgan fingerprint density at radius 1 is 1.30 bits per heavy atom. The molecule has 2 rings (SSSR count). The second-order valence-corrected chi connectivity index (χ2v) is 8.73. The molecule has 1 saturated heterocycles. The number of esters is 1. The zero-order valence-corrected chi connectivity index (χ0v) is 21.4. The minimum Gasteiger partial charge on any atom is -0.462 e. The lowest BCUT2D eigenvalue weighted by molar-refractivity contribution is -0.145. The Morgan fingerprint density at radius 3 is 2.51 bits per heavy atom. The van der Waals surface area contributed by atoms with E-state index in [0.29, 0.717) is 11.9 Å². The number of urea groups is 1. The van der Waals surface area contributed by atoms with Crippen molar-refractivity contribution in [1.82, 2.24) is 15.3 Å². The minimum absolute atomic E-state index is 0.0459. The number of ether oxygens (including phenoxy) is 2. The molecule has 37 heavy (non-hydrogen) atoms. The number of hydrogen-bond donors (Lipinski definition) is 3. The maximum absolute atomic E-state index is 13.5. The molecule has 1 fully saturated rings. The van der Waals surface area contributed by atoms with Crippen LogP contribution in [-0.2, 0) is 23.6 Å². The lowest BCUT2D eigenvalue weighted by Crippen LogP contribution is -2.42. The summed E-state index contributed by atoms with van der Waals surface area (Å²) in [7, 11) is -0.513. The number of nitrogens with one attached hydrogen (secondary N) is 2. The third kappa shape index (κ3) is 12.3. The Bertz CT molecular complexity index is 869. The van der Waals surface area contributed by atoms with Crippen molar-refractivity contribution in [1.29, 1.82) is 0 Å². The number of para-hydroxylation sites is 1. The van der Waals surface area contributed by atoms with Crippen LogP contribution in [0.15, 0.2) is 42.4 Å². The number of nitrogens with zero attached hydrogens (tertiary/aromatic N) is 1. The molecule has 208 valence electrons. The van der Waals surface area contributed by atoms with E-state index in [1.165, 1.54) is 7.05 Å². The van der Waals surface area contributed by atoms with E-state index in [-0.39, 0.29) is 32.0 Å². The summed E-state index contributed by atoms with van der Waals surface area (Å²) in [6, 6.07) is 8.04. The van der Waals surface area contributed by atoms with Crippen LogP contribution in [0, 0.1) is 0 Å². The van der Waals surface area contributed by atoms with Crippen LogP contribution in [0.3, 0.4) is 0 Å². The topological polar surface area (TPSA) is 136 Å². The van der Waals surface area contributed by atoms with E-state index in [1.807, 2.05) is 6.07 Å². The highest BCUT2D eigenvalue weighted by molar-refractivity contribution is 7.45. The summed E-state index contributed by atoms with van der Waals surface area (Å²) in [5, 5.41) is 15.6. The third-order valence-electron chi connectivity index (χ3n) is 4.35.